The Morgan fingerprint density at radius 1 is 1.42 bits per heavy atom. The lowest BCUT2D eigenvalue weighted by Crippen LogP contribution is -2.52. The maximum absolute atomic E-state index is 12.8. The van der Waals surface area contributed by atoms with E-state index in [4.69, 9.17) is 21.1 Å². The number of aromatic nitrogens is 2. The molecule has 1 aliphatic rings. The Balaban J connectivity index is 2.52. The molecule has 24 heavy (non-hydrogen) atoms. The summed E-state index contributed by atoms with van der Waals surface area (Å²) in [5.41, 5.74) is -0.456. The van der Waals surface area contributed by atoms with Crippen LogP contribution < -0.4 is 0 Å². The highest BCUT2D eigenvalue weighted by Gasteiger charge is 2.56. The number of esters is 1. The van der Waals surface area contributed by atoms with E-state index in [-0.39, 0.29) is 6.54 Å². The lowest BCUT2D eigenvalue weighted by Gasteiger charge is -2.37. The molecule has 1 unspecified atom stereocenters. The smallest absolute Gasteiger partial charge is 0.411 e. The minimum Gasteiger partial charge on any atom is -0.467 e. The first kappa shape index (κ1) is 18.6. The van der Waals surface area contributed by atoms with Gasteiger partial charge in [0.15, 0.2) is 5.54 Å². The summed E-state index contributed by atoms with van der Waals surface area (Å²) in [5, 5.41) is 4.22. The molecule has 0 spiro atoms. The van der Waals surface area contributed by atoms with Gasteiger partial charge in [0.05, 0.1) is 25.5 Å². The van der Waals surface area contributed by atoms with Gasteiger partial charge in [0.25, 0.3) is 0 Å². The molecule has 2 rings (SSSR count). The zero-order chi connectivity index (χ0) is 18.1. The molecule has 0 N–H and O–H groups in total. The summed E-state index contributed by atoms with van der Waals surface area (Å²) in [6, 6.07) is 0. The molecule has 0 saturated heterocycles. The predicted octanol–water partition coefficient (Wildman–Crippen LogP) is 2.56. The van der Waals surface area contributed by atoms with Gasteiger partial charge in [-0.15, -0.1) is 11.6 Å². The zero-order valence-corrected chi connectivity index (χ0v) is 15.5. The Labute approximate surface area is 146 Å². The molecule has 0 aliphatic carbocycles. The molecule has 1 atom stereocenters. The SMILES string of the molecule is COC(=O)C1(CCCCl)c2cnn(C)c2CN1C(=O)OC(C)(C)C. The van der Waals surface area contributed by atoms with Crippen LogP contribution in [-0.4, -0.2) is 45.3 Å². The summed E-state index contributed by atoms with van der Waals surface area (Å²) in [6.45, 7) is 5.59. The minimum absolute atomic E-state index is 0.234. The van der Waals surface area contributed by atoms with Crippen LogP contribution in [0.15, 0.2) is 6.20 Å². The third-order valence-corrected chi connectivity index (χ3v) is 4.35. The van der Waals surface area contributed by atoms with Crippen LogP contribution in [0.2, 0.25) is 0 Å². The highest BCUT2D eigenvalue weighted by Crippen LogP contribution is 2.44. The van der Waals surface area contributed by atoms with E-state index >= 15 is 0 Å². The molecule has 0 saturated carbocycles. The van der Waals surface area contributed by atoms with E-state index in [2.05, 4.69) is 5.10 Å². The number of halogens is 1. The summed E-state index contributed by atoms with van der Waals surface area (Å²) in [5.74, 6) is -0.138. The van der Waals surface area contributed by atoms with Crippen LogP contribution in [0.3, 0.4) is 0 Å². The molecule has 0 radical (unpaired) electrons. The van der Waals surface area contributed by atoms with Gasteiger partial charge in [-0.05, 0) is 33.6 Å². The number of hydrogen-bond donors (Lipinski definition) is 0. The number of carbonyl (C=O) groups excluding carboxylic acids is 2. The first-order valence-electron chi connectivity index (χ1n) is 7.83. The van der Waals surface area contributed by atoms with Gasteiger partial charge in [-0.25, -0.2) is 9.59 Å². The van der Waals surface area contributed by atoms with Gasteiger partial charge in [0, 0.05) is 18.5 Å². The number of methoxy groups -OCH3 is 1. The number of alkyl halides is 1. The minimum atomic E-state index is -1.25. The number of carbonyl (C=O) groups is 2. The second-order valence-electron chi connectivity index (χ2n) is 6.84. The highest BCUT2D eigenvalue weighted by molar-refractivity contribution is 6.17. The fraction of sp³-hybridized carbons (Fsp3) is 0.688. The van der Waals surface area contributed by atoms with Gasteiger partial charge in [0.2, 0.25) is 0 Å². The third kappa shape index (κ3) is 3.09. The van der Waals surface area contributed by atoms with Gasteiger partial charge in [-0.1, -0.05) is 0 Å². The standard InChI is InChI=1S/C16H24ClN3O4/c1-15(2,3)24-14(22)20-10-12-11(9-18-19(12)4)16(20,7-6-8-17)13(21)23-5/h9H,6-8,10H2,1-5H3. The van der Waals surface area contributed by atoms with Crippen LogP contribution in [0.25, 0.3) is 0 Å². The molecular weight excluding hydrogens is 334 g/mol. The van der Waals surface area contributed by atoms with Gasteiger partial charge < -0.3 is 9.47 Å². The third-order valence-electron chi connectivity index (χ3n) is 4.08. The molecule has 8 heteroatoms. The molecule has 7 nitrogen and oxygen atoms in total. The second kappa shape index (κ2) is 6.63. The summed E-state index contributed by atoms with van der Waals surface area (Å²) >= 11 is 5.85. The molecule has 1 aromatic heterocycles. The number of aryl methyl sites for hydroxylation is 1. The number of fused-ring (bicyclic) bond motifs is 1. The lowest BCUT2D eigenvalue weighted by molar-refractivity contribution is -0.156. The monoisotopic (exact) mass is 357 g/mol. The average Bonchev–Trinajstić information content (AvgIpc) is 3.01. The molecular formula is C16H24ClN3O4. The average molecular weight is 358 g/mol. The van der Waals surface area contributed by atoms with Crippen molar-refractivity contribution in [3.63, 3.8) is 0 Å². The van der Waals surface area contributed by atoms with Crippen molar-refractivity contribution in [2.45, 2.75) is 51.3 Å². The summed E-state index contributed by atoms with van der Waals surface area (Å²) < 4.78 is 12.2. The molecule has 1 aliphatic heterocycles. The van der Waals surface area contributed by atoms with Gasteiger partial charge in [-0.3, -0.25) is 9.58 Å². The number of rotatable bonds is 4. The largest absolute Gasteiger partial charge is 0.467 e. The van der Waals surface area contributed by atoms with Crippen LogP contribution in [0.4, 0.5) is 4.79 Å². The van der Waals surface area contributed by atoms with E-state index in [1.807, 2.05) is 0 Å². The molecule has 1 aromatic rings. The maximum Gasteiger partial charge on any atom is 0.411 e. The molecule has 0 aromatic carbocycles. The van der Waals surface area contributed by atoms with E-state index in [9.17, 15) is 9.59 Å². The van der Waals surface area contributed by atoms with Crippen molar-refractivity contribution >= 4 is 23.7 Å². The first-order chi connectivity index (χ1) is 11.2. The highest BCUT2D eigenvalue weighted by atomic mass is 35.5. The van der Waals surface area contributed by atoms with Crippen LogP contribution in [0.1, 0.15) is 44.9 Å². The second-order valence-corrected chi connectivity index (χ2v) is 7.22. The van der Waals surface area contributed by atoms with E-state index in [1.54, 1.807) is 38.7 Å². The van der Waals surface area contributed by atoms with Crippen LogP contribution in [-0.2, 0) is 33.4 Å². The number of amides is 1. The summed E-state index contributed by atoms with van der Waals surface area (Å²) in [7, 11) is 3.09. The van der Waals surface area contributed by atoms with Crippen molar-refractivity contribution < 1.29 is 19.1 Å². The lowest BCUT2D eigenvalue weighted by atomic mass is 9.87. The first-order valence-corrected chi connectivity index (χ1v) is 8.37. The molecule has 134 valence electrons. The van der Waals surface area contributed by atoms with Crippen molar-refractivity contribution in [2.75, 3.05) is 13.0 Å². The van der Waals surface area contributed by atoms with Crippen LogP contribution in [0.5, 0.6) is 0 Å². The molecule has 0 bridgehead atoms. The van der Waals surface area contributed by atoms with Crippen LogP contribution >= 0.6 is 11.6 Å². The number of nitrogens with zero attached hydrogens (tertiary/aromatic N) is 3. The summed E-state index contributed by atoms with van der Waals surface area (Å²) in [4.78, 5) is 26.9. The number of ether oxygens (including phenoxy) is 2. The van der Waals surface area contributed by atoms with E-state index < -0.39 is 23.2 Å². The normalized spacial score (nSPS) is 20.0. The van der Waals surface area contributed by atoms with E-state index in [1.165, 1.54) is 12.0 Å². The Bertz CT molecular complexity index is 638. The van der Waals surface area contributed by atoms with Crippen molar-refractivity contribution in [1.29, 1.82) is 0 Å². The summed E-state index contributed by atoms with van der Waals surface area (Å²) in [6.07, 6.45) is 1.95. The van der Waals surface area contributed by atoms with Gasteiger partial charge in [-0.2, -0.15) is 5.10 Å². The Hall–Kier alpha value is -1.76. The quantitative estimate of drug-likeness (QED) is 0.611. The van der Waals surface area contributed by atoms with Gasteiger partial charge in [0.1, 0.15) is 5.60 Å². The maximum atomic E-state index is 12.8. The fourth-order valence-corrected chi connectivity index (χ4v) is 3.18. The number of hydrogen-bond acceptors (Lipinski definition) is 5. The van der Waals surface area contributed by atoms with Crippen molar-refractivity contribution in [2.24, 2.45) is 7.05 Å². The fourth-order valence-electron chi connectivity index (χ4n) is 3.05. The van der Waals surface area contributed by atoms with Crippen LogP contribution in [0, 0.1) is 0 Å². The molecule has 0 fully saturated rings. The van der Waals surface area contributed by atoms with Crippen molar-refractivity contribution in [1.82, 2.24) is 14.7 Å². The zero-order valence-electron chi connectivity index (χ0n) is 14.8. The van der Waals surface area contributed by atoms with Crippen molar-refractivity contribution in [3.8, 4) is 0 Å². The molecule has 1 amide bonds. The predicted molar refractivity (Wildman–Crippen MR) is 88.6 cm³/mol. The Morgan fingerprint density at radius 3 is 2.62 bits per heavy atom. The molecule has 2 heterocycles. The van der Waals surface area contributed by atoms with Crippen molar-refractivity contribution in [3.05, 3.63) is 17.5 Å². The van der Waals surface area contributed by atoms with E-state index in [0.29, 0.717) is 24.3 Å². The van der Waals surface area contributed by atoms with E-state index in [0.717, 1.165) is 5.69 Å². The topological polar surface area (TPSA) is 73.7 Å². The van der Waals surface area contributed by atoms with Gasteiger partial charge >= 0.3 is 12.1 Å². The Morgan fingerprint density at radius 2 is 2.08 bits per heavy atom. The Kier molecular flexibility index (Phi) is 5.13.